The Morgan fingerprint density at radius 2 is 1.92 bits per heavy atom. The van der Waals surface area contributed by atoms with Crippen LogP contribution < -0.4 is 20.1 Å². The molecule has 0 saturated carbocycles. The lowest BCUT2D eigenvalue weighted by Crippen LogP contribution is -2.39. The van der Waals surface area contributed by atoms with Gasteiger partial charge in [-0.1, -0.05) is 36.4 Å². The molecule has 0 bridgehead atoms. The minimum Gasteiger partial charge on any atom is -0.491 e. The van der Waals surface area contributed by atoms with Crippen LogP contribution >= 0.6 is 12.2 Å². The molecule has 2 N–H and O–H groups in total. The molecule has 0 aromatic heterocycles. The minimum atomic E-state index is 0.0708. The van der Waals surface area contributed by atoms with Crippen molar-refractivity contribution >= 4 is 23.0 Å². The number of aryl methyl sites for hydroxylation is 1. The van der Waals surface area contributed by atoms with Gasteiger partial charge in [-0.05, 0) is 50.3 Å². The van der Waals surface area contributed by atoms with Crippen molar-refractivity contribution in [3.05, 3.63) is 66.7 Å². The number of anilines is 1. The quantitative estimate of drug-likeness (QED) is 0.545. The summed E-state index contributed by atoms with van der Waals surface area (Å²) in [5.74, 6) is 1.62. The molecule has 0 unspecified atom stereocenters. The molecule has 132 valence electrons. The number of thiocarbonyl (C=S) groups is 1. The van der Waals surface area contributed by atoms with Crippen LogP contribution in [0, 0.1) is 6.92 Å². The fourth-order valence-corrected chi connectivity index (χ4v) is 2.43. The van der Waals surface area contributed by atoms with Crippen molar-refractivity contribution < 1.29 is 9.47 Å². The normalized spacial score (nSPS) is 11.3. The third kappa shape index (κ3) is 6.85. The Bertz CT molecular complexity index is 701. The maximum absolute atomic E-state index is 5.76. The van der Waals surface area contributed by atoms with Crippen LogP contribution in [0.1, 0.15) is 12.5 Å². The van der Waals surface area contributed by atoms with Gasteiger partial charge >= 0.3 is 0 Å². The van der Waals surface area contributed by atoms with E-state index in [1.807, 2.05) is 55.5 Å². The molecule has 2 aromatic carbocycles. The highest BCUT2D eigenvalue weighted by atomic mass is 32.1. The van der Waals surface area contributed by atoms with E-state index in [9.17, 15) is 0 Å². The summed E-state index contributed by atoms with van der Waals surface area (Å²) in [6, 6.07) is 15.7. The molecule has 2 aromatic rings. The Morgan fingerprint density at radius 3 is 2.64 bits per heavy atom. The van der Waals surface area contributed by atoms with Gasteiger partial charge in [-0.15, -0.1) is 0 Å². The second-order valence-electron chi connectivity index (χ2n) is 5.75. The molecule has 5 heteroatoms. The molecule has 0 aliphatic carbocycles. The van der Waals surface area contributed by atoms with Gasteiger partial charge in [0.05, 0.1) is 6.04 Å². The maximum atomic E-state index is 5.76. The van der Waals surface area contributed by atoms with E-state index in [0.29, 0.717) is 18.3 Å². The Hall–Kier alpha value is -2.53. The third-order valence-corrected chi connectivity index (χ3v) is 3.58. The molecular formula is C20H24N2O2S. The zero-order valence-corrected chi connectivity index (χ0v) is 15.4. The first-order chi connectivity index (χ1) is 12.1. The predicted octanol–water partition coefficient (Wildman–Crippen LogP) is 4.31. The number of hydrogen-bond acceptors (Lipinski definition) is 3. The van der Waals surface area contributed by atoms with Crippen LogP contribution in [0.2, 0.25) is 0 Å². The van der Waals surface area contributed by atoms with E-state index in [1.54, 1.807) is 6.08 Å². The highest BCUT2D eigenvalue weighted by molar-refractivity contribution is 7.80. The average molecular weight is 356 g/mol. The average Bonchev–Trinajstić information content (AvgIpc) is 2.59. The van der Waals surface area contributed by atoms with Crippen LogP contribution in [0.3, 0.4) is 0 Å². The van der Waals surface area contributed by atoms with Crippen LogP contribution in [0.25, 0.3) is 0 Å². The Morgan fingerprint density at radius 1 is 1.16 bits per heavy atom. The fraction of sp³-hybridized carbons (Fsp3) is 0.250. The monoisotopic (exact) mass is 356 g/mol. The summed E-state index contributed by atoms with van der Waals surface area (Å²) < 4.78 is 11.3. The second-order valence-corrected chi connectivity index (χ2v) is 6.16. The molecule has 0 heterocycles. The van der Waals surface area contributed by atoms with E-state index in [1.165, 1.54) is 5.56 Å². The molecule has 0 aliphatic heterocycles. The van der Waals surface area contributed by atoms with Gasteiger partial charge in [-0.3, -0.25) is 0 Å². The van der Waals surface area contributed by atoms with Gasteiger partial charge in [0.15, 0.2) is 5.11 Å². The van der Waals surface area contributed by atoms with Gasteiger partial charge in [0.2, 0.25) is 0 Å². The molecule has 0 radical (unpaired) electrons. The third-order valence-electron chi connectivity index (χ3n) is 3.36. The second kappa shape index (κ2) is 9.69. The van der Waals surface area contributed by atoms with Crippen LogP contribution in [0.15, 0.2) is 61.2 Å². The number of ether oxygens (including phenoxy) is 2. The van der Waals surface area contributed by atoms with Gasteiger partial charge in [0, 0.05) is 11.8 Å². The van der Waals surface area contributed by atoms with E-state index < -0.39 is 0 Å². The van der Waals surface area contributed by atoms with E-state index in [-0.39, 0.29) is 6.04 Å². The molecule has 1 atom stereocenters. The largest absolute Gasteiger partial charge is 0.491 e. The summed E-state index contributed by atoms with van der Waals surface area (Å²) in [5, 5.41) is 6.91. The number of rotatable bonds is 8. The predicted molar refractivity (Wildman–Crippen MR) is 108 cm³/mol. The Balaban J connectivity index is 1.78. The zero-order chi connectivity index (χ0) is 18.1. The van der Waals surface area contributed by atoms with Crippen LogP contribution in [-0.4, -0.2) is 24.4 Å². The summed E-state index contributed by atoms with van der Waals surface area (Å²) in [5.41, 5.74) is 2.08. The van der Waals surface area contributed by atoms with Crippen molar-refractivity contribution in [2.75, 3.05) is 18.5 Å². The van der Waals surface area contributed by atoms with Crippen LogP contribution in [0.4, 0.5) is 5.69 Å². The van der Waals surface area contributed by atoms with Crippen molar-refractivity contribution in [1.82, 2.24) is 5.32 Å². The van der Waals surface area contributed by atoms with Gasteiger partial charge in [0.25, 0.3) is 0 Å². The first-order valence-corrected chi connectivity index (χ1v) is 8.58. The fourth-order valence-electron chi connectivity index (χ4n) is 2.11. The smallest absolute Gasteiger partial charge is 0.171 e. The maximum Gasteiger partial charge on any atom is 0.171 e. The molecule has 4 nitrogen and oxygen atoms in total. The summed E-state index contributed by atoms with van der Waals surface area (Å²) in [6.45, 7) is 8.70. The molecule has 0 amide bonds. The van der Waals surface area contributed by atoms with Crippen molar-refractivity contribution in [3.8, 4) is 11.5 Å². The number of nitrogens with one attached hydrogen (secondary N) is 2. The molecule has 0 spiro atoms. The summed E-state index contributed by atoms with van der Waals surface area (Å²) in [6.07, 6.45) is 1.71. The SMILES string of the molecule is C=CCOc1cccc(NC(=S)N[C@@H](C)COc2ccc(C)cc2)c1. The standard InChI is InChI=1S/C20H24N2O2S/c1-4-12-23-19-7-5-6-17(13-19)22-20(25)21-16(3)14-24-18-10-8-15(2)9-11-18/h4-11,13,16H,1,12,14H2,2-3H3,(H2,21,22,25)/t16-/m0/s1. The molecule has 2 rings (SSSR count). The van der Waals surface area contributed by atoms with Gasteiger partial charge in [0.1, 0.15) is 24.7 Å². The van der Waals surface area contributed by atoms with Crippen molar-refractivity contribution in [2.45, 2.75) is 19.9 Å². The molecular weight excluding hydrogens is 332 g/mol. The van der Waals surface area contributed by atoms with Crippen LogP contribution in [0.5, 0.6) is 11.5 Å². The summed E-state index contributed by atoms with van der Waals surface area (Å²) in [7, 11) is 0. The van der Waals surface area contributed by atoms with Gasteiger partial charge in [-0.25, -0.2) is 0 Å². The lowest BCUT2D eigenvalue weighted by molar-refractivity contribution is 0.287. The first-order valence-electron chi connectivity index (χ1n) is 8.17. The van der Waals surface area contributed by atoms with Crippen LogP contribution in [-0.2, 0) is 0 Å². The molecule has 0 saturated heterocycles. The number of benzene rings is 2. The van der Waals surface area contributed by atoms with E-state index in [0.717, 1.165) is 17.2 Å². The Labute approximate surface area is 154 Å². The Kier molecular flexibility index (Phi) is 7.29. The molecule has 0 aliphatic rings. The van der Waals surface area contributed by atoms with Gasteiger partial charge in [-0.2, -0.15) is 0 Å². The lowest BCUT2D eigenvalue weighted by Gasteiger charge is -2.18. The van der Waals surface area contributed by atoms with E-state index in [2.05, 4.69) is 24.1 Å². The summed E-state index contributed by atoms with van der Waals surface area (Å²) >= 11 is 5.36. The summed E-state index contributed by atoms with van der Waals surface area (Å²) in [4.78, 5) is 0. The topological polar surface area (TPSA) is 42.5 Å². The molecule has 0 fully saturated rings. The van der Waals surface area contributed by atoms with Crippen molar-refractivity contribution in [1.29, 1.82) is 0 Å². The van der Waals surface area contributed by atoms with Crippen molar-refractivity contribution in [2.24, 2.45) is 0 Å². The number of hydrogen-bond donors (Lipinski definition) is 2. The van der Waals surface area contributed by atoms with E-state index in [4.69, 9.17) is 21.7 Å². The highest BCUT2D eigenvalue weighted by Gasteiger charge is 2.06. The van der Waals surface area contributed by atoms with E-state index >= 15 is 0 Å². The highest BCUT2D eigenvalue weighted by Crippen LogP contribution is 2.17. The molecule has 25 heavy (non-hydrogen) atoms. The lowest BCUT2D eigenvalue weighted by atomic mass is 10.2. The first kappa shape index (κ1) is 18.8. The van der Waals surface area contributed by atoms with Crippen molar-refractivity contribution in [3.63, 3.8) is 0 Å². The minimum absolute atomic E-state index is 0.0708. The zero-order valence-electron chi connectivity index (χ0n) is 14.6. The van der Waals surface area contributed by atoms with Gasteiger partial charge < -0.3 is 20.1 Å².